The minimum atomic E-state index is -4.77. The average molecular weight is 1140 g/mol. The Bertz CT molecular complexity index is 1710. The van der Waals surface area contributed by atoms with Crippen molar-refractivity contribution in [3.05, 3.63) is 97.2 Å². The van der Waals surface area contributed by atoms with Crippen LogP contribution in [0.5, 0.6) is 0 Å². The molecule has 80 heavy (non-hydrogen) atoms. The number of esters is 3. The molecule has 0 aromatic heterocycles. The highest BCUT2D eigenvalue weighted by Crippen LogP contribution is 2.43. The summed E-state index contributed by atoms with van der Waals surface area (Å²) in [6.07, 6.45) is 73.5. The first-order valence-corrected chi connectivity index (χ1v) is 33.6. The van der Waals surface area contributed by atoms with Gasteiger partial charge in [-0.05, 0) is 122 Å². The summed E-state index contributed by atoms with van der Waals surface area (Å²) in [4.78, 5) is 48.8. The number of hydrogen-bond acceptors (Lipinski definition) is 10. The van der Waals surface area contributed by atoms with Crippen LogP contribution in [0.15, 0.2) is 97.2 Å². The van der Waals surface area contributed by atoms with E-state index in [1.165, 1.54) is 96.3 Å². The van der Waals surface area contributed by atoms with Gasteiger partial charge < -0.3 is 24.2 Å². The molecule has 0 radical (unpaired) electrons. The van der Waals surface area contributed by atoms with E-state index in [-0.39, 0.29) is 25.9 Å². The number of hydrogen-bond donors (Lipinski definition) is 2. The number of carbonyl (C=O) groups is 3. The van der Waals surface area contributed by atoms with Gasteiger partial charge in [-0.2, -0.15) is 0 Å². The molecule has 0 aliphatic carbocycles. The predicted octanol–water partition coefficient (Wildman–Crippen LogP) is 19.6. The first kappa shape index (κ1) is 76.4. The van der Waals surface area contributed by atoms with Gasteiger partial charge in [0.1, 0.15) is 12.7 Å². The Labute approximate surface area is 489 Å². The number of phosphoric ester groups is 1. The van der Waals surface area contributed by atoms with E-state index < -0.39 is 57.8 Å². The van der Waals surface area contributed by atoms with Crippen LogP contribution >= 0.6 is 7.82 Å². The lowest BCUT2D eigenvalue weighted by molar-refractivity contribution is -0.161. The van der Waals surface area contributed by atoms with Crippen molar-refractivity contribution >= 4 is 25.7 Å². The van der Waals surface area contributed by atoms with E-state index in [1.54, 1.807) is 0 Å². The predicted molar refractivity (Wildman–Crippen MR) is 334 cm³/mol. The fourth-order valence-electron chi connectivity index (χ4n) is 8.58. The third-order valence-corrected chi connectivity index (χ3v) is 14.4. The van der Waals surface area contributed by atoms with Crippen LogP contribution in [0.3, 0.4) is 0 Å². The fraction of sp³-hybridized carbons (Fsp3) is 0.721. The number of carbonyl (C=O) groups excluding carboxylic acids is 3. The fourth-order valence-corrected chi connectivity index (χ4v) is 9.37. The van der Waals surface area contributed by atoms with Crippen molar-refractivity contribution in [1.29, 1.82) is 0 Å². The Hall–Kier alpha value is -3.60. The molecule has 0 saturated heterocycles. The summed E-state index contributed by atoms with van der Waals surface area (Å²) < 4.78 is 39.7. The summed E-state index contributed by atoms with van der Waals surface area (Å²) in [5, 5.41) is 9.85. The van der Waals surface area contributed by atoms with Gasteiger partial charge in [0.2, 0.25) is 0 Å². The zero-order valence-electron chi connectivity index (χ0n) is 51.0. The zero-order valence-corrected chi connectivity index (χ0v) is 51.9. The van der Waals surface area contributed by atoms with E-state index in [2.05, 4.69) is 118 Å². The number of phosphoric acid groups is 1. The maximum Gasteiger partial charge on any atom is 0.472 e. The molecule has 0 saturated carbocycles. The number of aliphatic hydroxyl groups excluding tert-OH is 1. The van der Waals surface area contributed by atoms with Gasteiger partial charge in [-0.1, -0.05) is 234 Å². The Morgan fingerprint density at radius 3 is 1.00 bits per heavy atom. The molecule has 0 bridgehead atoms. The molecule has 0 heterocycles. The molecular formula is C68H117O11P. The maximum absolute atomic E-state index is 13.0. The summed E-state index contributed by atoms with van der Waals surface area (Å²) in [6.45, 7) is 4.47. The Morgan fingerprint density at radius 1 is 0.362 bits per heavy atom. The van der Waals surface area contributed by atoms with E-state index in [1.807, 2.05) is 0 Å². The molecule has 12 heteroatoms. The smallest absolute Gasteiger partial charge is 0.462 e. The Balaban J connectivity index is 4.74. The molecule has 0 amide bonds. The molecule has 0 spiro atoms. The van der Waals surface area contributed by atoms with Gasteiger partial charge in [-0.25, -0.2) is 4.57 Å². The van der Waals surface area contributed by atoms with E-state index in [4.69, 9.17) is 23.3 Å². The van der Waals surface area contributed by atoms with Crippen LogP contribution in [0.25, 0.3) is 0 Å². The van der Waals surface area contributed by atoms with Crippen LogP contribution in [0.2, 0.25) is 0 Å². The SMILES string of the molecule is CC/C=C\C/C=C\C/C=C\C/C=C\CCCCCCC(=O)OC(COC(=O)CCCCCCCCCCC/C=C\C/C=C\CCCCC)COP(=O)(O)OCC(CO)OC(=O)CCCCCCCCC/C=C\C/C=C\CCCCC. The lowest BCUT2D eigenvalue weighted by atomic mass is 10.1. The number of ether oxygens (including phenoxy) is 3. The second-order valence-electron chi connectivity index (χ2n) is 21.2. The molecular weight excluding hydrogens is 1020 g/mol. The summed E-state index contributed by atoms with van der Waals surface area (Å²) in [6, 6.07) is 0. The summed E-state index contributed by atoms with van der Waals surface area (Å²) in [7, 11) is -4.77. The van der Waals surface area contributed by atoms with E-state index in [0.29, 0.717) is 19.3 Å². The molecule has 3 atom stereocenters. The highest BCUT2D eigenvalue weighted by Gasteiger charge is 2.28. The number of unbranched alkanes of at least 4 members (excludes halogenated alkanes) is 26. The van der Waals surface area contributed by atoms with E-state index >= 15 is 0 Å². The van der Waals surface area contributed by atoms with Crippen molar-refractivity contribution in [1.82, 2.24) is 0 Å². The normalized spacial score (nSPS) is 13.9. The third-order valence-electron chi connectivity index (χ3n) is 13.5. The Kier molecular flexibility index (Phi) is 58.7. The zero-order chi connectivity index (χ0) is 58.3. The molecule has 0 rings (SSSR count). The van der Waals surface area contributed by atoms with Crippen LogP contribution in [0.4, 0.5) is 0 Å². The highest BCUT2D eigenvalue weighted by atomic mass is 31.2. The molecule has 2 N–H and O–H groups in total. The van der Waals surface area contributed by atoms with Gasteiger partial charge >= 0.3 is 25.7 Å². The third kappa shape index (κ3) is 59.0. The van der Waals surface area contributed by atoms with Crippen molar-refractivity contribution in [2.75, 3.05) is 26.4 Å². The molecule has 11 nitrogen and oxygen atoms in total. The van der Waals surface area contributed by atoms with Crippen LogP contribution < -0.4 is 0 Å². The lowest BCUT2D eigenvalue weighted by Crippen LogP contribution is -2.30. The lowest BCUT2D eigenvalue weighted by Gasteiger charge is -2.21. The maximum atomic E-state index is 13.0. The number of allylic oxidation sites excluding steroid dienone is 16. The monoisotopic (exact) mass is 1140 g/mol. The quantitative estimate of drug-likeness (QED) is 0.0197. The van der Waals surface area contributed by atoms with Gasteiger partial charge in [-0.3, -0.25) is 23.4 Å². The molecule has 0 aromatic rings. The first-order valence-electron chi connectivity index (χ1n) is 32.1. The summed E-state index contributed by atoms with van der Waals surface area (Å²) in [5.74, 6) is -1.50. The van der Waals surface area contributed by atoms with Crippen LogP contribution in [-0.2, 0) is 42.2 Å². The molecule has 0 fully saturated rings. The molecule has 0 aliphatic rings. The summed E-state index contributed by atoms with van der Waals surface area (Å²) in [5.41, 5.74) is 0. The van der Waals surface area contributed by atoms with Crippen molar-refractivity contribution in [3.8, 4) is 0 Å². The second-order valence-corrected chi connectivity index (χ2v) is 22.6. The molecule has 460 valence electrons. The first-order chi connectivity index (χ1) is 39.2. The largest absolute Gasteiger partial charge is 0.472 e. The van der Waals surface area contributed by atoms with Gasteiger partial charge in [0, 0.05) is 19.3 Å². The number of rotatable bonds is 59. The van der Waals surface area contributed by atoms with Crippen LogP contribution in [-0.4, -0.2) is 66.5 Å². The van der Waals surface area contributed by atoms with Crippen molar-refractivity contribution in [2.45, 2.75) is 290 Å². The number of aliphatic hydroxyl groups is 1. The van der Waals surface area contributed by atoms with Gasteiger partial charge in [0.05, 0.1) is 19.8 Å². The highest BCUT2D eigenvalue weighted by molar-refractivity contribution is 7.47. The van der Waals surface area contributed by atoms with Crippen LogP contribution in [0, 0.1) is 0 Å². The minimum absolute atomic E-state index is 0.135. The standard InChI is InChI=1S/C68H117O11P/c1-4-7-10-13-16-19-22-25-28-31-32-35-36-39-42-45-48-51-54-57-66(70)75-61-65(79-68(72)59-56-53-50-47-44-41-38-34-30-27-24-21-18-15-12-9-6-3)63-77-80(73,74)76-62-64(60-69)78-67(71)58-55-52-49-46-43-40-37-33-29-26-23-20-17-14-11-8-5-2/h9,12,16-21,25-30,38,41,64-65,69H,4-8,10-11,13-15,22-24,31-37,39-40,42-63H2,1-3H3,(H,73,74)/b12-9-,19-16-,20-17-,21-18-,28-25-,29-26-,30-27-,41-38-. The van der Waals surface area contributed by atoms with Gasteiger partial charge in [0.25, 0.3) is 0 Å². The molecule has 3 unspecified atom stereocenters. The van der Waals surface area contributed by atoms with Gasteiger partial charge in [0.15, 0.2) is 6.10 Å². The molecule has 0 aliphatic heterocycles. The Morgan fingerprint density at radius 2 is 0.650 bits per heavy atom. The summed E-state index contributed by atoms with van der Waals surface area (Å²) >= 11 is 0. The topological polar surface area (TPSA) is 155 Å². The second kappa shape index (κ2) is 61.5. The van der Waals surface area contributed by atoms with E-state index in [9.17, 15) is 28.9 Å². The van der Waals surface area contributed by atoms with Crippen molar-refractivity contribution in [3.63, 3.8) is 0 Å². The minimum Gasteiger partial charge on any atom is -0.462 e. The van der Waals surface area contributed by atoms with E-state index in [0.717, 1.165) is 122 Å². The average Bonchev–Trinajstić information content (AvgIpc) is 3.45. The van der Waals surface area contributed by atoms with Crippen LogP contribution in [0.1, 0.15) is 278 Å². The van der Waals surface area contributed by atoms with Crippen molar-refractivity contribution in [2.24, 2.45) is 0 Å². The van der Waals surface area contributed by atoms with Crippen molar-refractivity contribution < 1.29 is 52.2 Å². The molecule has 0 aromatic carbocycles. The van der Waals surface area contributed by atoms with Gasteiger partial charge in [-0.15, -0.1) is 0 Å².